The zero-order valence-electron chi connectivity index (χ0n) is 10.6. The summed E-state index contributed by atoms with van der Waals surface area (Å²) in [5, 5.41) is 39.6. The summed E-state index contributed by atoms with van der Waals surface area (Å²) in [6, 6.07) is 7.40. The lowest BCUT2D eigenvalue weighted by Crippen LogP contribution is -2.12. The number of hydrogen-bond acceptors (Lipinski definition) is 5. The first-order valence-corrected chi connectivity index (χ1v) is 5.78. The minimum Gasteiger partial charge on any atom is -0.507 e. The molecule has 7 nitrogen and oxygen atoms in total. The van der Waals surface area contributed by atoms with Gasteiger partial charge in [0.25, 0.3) is 5.91 Å². The molecule has 0 spiro atoms. The monoisotopic (exact) mass is 289 g/mol. The lowest BCUT2D eigenvalue weighted by Gasteiger charge is -2.09. The van der Waals surface area contributed by atoms with Gasteiger partial charge < -0.3 is 25.7 Å². The van der Waals surface area contributed by atoms with E-state index in [4.69, 9.17) is 5.11 Å². The third-order valence-corrected chi connectivity index (χ3v) is 2.75. The fourth-order valence-corrected chi connectivity index (χ4v) is 1.70. The fraction of sp³-hybridized carbons (Fsp3) is 0. The number of rotatable bonds is 3. The minimum atomic E-state index is -1.30. The van der Waals surface area contributed by atoms with Crippen LogP contribution in [0.3, 0.4) is 0 Å². The van der Waals surface area contributed by atoms with Crippen molar-refractivity contribution in [2.45, 2.75) is 0 Å². The highest BCUT2D eigenvalue weighted by Crippen LogP contribution is 2.29. The second-order valence-corrected chi connectivity index (χ2v) is 4.16. The molecule has 0 aliphatic rings. The van der Waals surface area contributed by atoms with Crippen LogP contribution in [0.2, 0.25) is 0 Å². The van der Waals surface area contributed by atoms with Crippen LogP contribution in [0.15, 0.2) is 36.4 Å². The van der Waals surface area contributed by atoms with E-state index in [1.165, 1.54) is 24.3 Å². The van der Waals surface area contributed by atoms with Gasteiger partial charge in [0.15, 0.2) is 11.5 Å². The smallest absolute Gasteiger partial charge is 0.339 e. The highest BCUT2D eigenvalue weighted by atomic mass is 16.4. The second kappa shape index (κ2) is 5.41. The van der Waals surface area contributed by atoms with E-state index in [9.17, 15) is 24.9 Å². The van der Waals surface area contributed by atoms with Gasteiger partial charge in [0.05, 0.1) is 5.56 Å². The number of phenols is 3. The van der Waals surface area contributed by atoms with Gasteiger partial charge in [0.1, 0.15) is 11.3 Å². The number of aromatic hydroxyl groups is 3. The molecule has 21 heavy (non-hydrogen) atoms. The maximum Gasteiger partial charge on any atom is 0.339 e. The van der Waals surface area contributed by atoms with Gasteiger partial charge in [-0.15, -0.1) is 0 Å². The first-order valence-electron chi connectivity index (χ1n) is 5.78. The van der Waals surface area contributed by atoms with E-state index in [1.54, 1.807) is 0 Å². The number of amides is 1. The van der Waals surface area contributed by atoms with Gasteiger partial charge in [0, 0.05) is 11.8 Å². The summed E-state index contributed by atoms with van der Waals surface area (Å²) in [5.74, 6) is -3.52. The molecule has 7 heteroatoms. The molecule has 0 aliphatic heterocycles. The number of carboxylic acids is 1. The molecular weight excluding hydrogens is 278 g/mol. The number of hydrogen-bond donors (Lipinski definition) is 5. The van der Waals surface area contributed by atoms with Gasteiger partial charge in [-0.1, -0.05) is 6.07 Å². The van der Waals surface area contributed by atoms with Crippen LogP contribution in [0.4, 0.5) is 5.69 Å². The molecule has 0 saturated carbocycles. The summed E-state index contributed by atoms with van der Waals surface area (Å²) in [6.07, 6.45) is 0. The van der Waals surface area contributed by atoms with Gasteiger partial charge in [-0.2, -0.15) is 0 Å². The molecule has 0 saturated heterocycles. The number of anilines is 1. The van der Waals surface area contributed by atoms with E-state index >= 15 is 0 Å². The number of nitrogens with one attached hydrogen (secondary N) is 1. The van der Waals surface area contributed by atoms with Crippen LogP contribution in [-0.2, 0) is 0 Å². The molecule has 1 amide bonds. The van der Waals surface area contributed by atoms with Gasteiger partial charge in [0.2, 0.25) is 0 Å². The van der Waals surface area contributed by atoms with Crippen LogP contribution in [0.5, 0.6) is 17.2 Å². The summed E-state index contributed by atoms with van der Waals surface area (Å²) in [7, 11) is 0. The van der Waals surface area contributed by atoms with E-state index in [0.717, 1.165) is 12.1 Å². The Morgan fingerprint density at radius 2 is 1.62 bits per heavy atom. The van der Waals surface area contributed by atoms with Crippen molar-refractivity contribution in [3.8, 4) is 17.2 Å². The molecule has 0 radical (unpaired) electrons. The number of aromatic carboxylic acids is 1. The third kappa shape index (κ3) is 2.86. The molecule has 108 valence electrons. The predicted molar refractivity (Wildman–Crippen MR) is 72.8 cm³/mol. The van der Waals surface area contributed by atoms with E-state index in [0.29, 0.717) is 0 Å². The topological polar surface area (TPSA) is 127 Å². The summed E-state index contributed by atoms with van der Waals surface area (Å²) in [5.41, 5.74) is -0.310. The van der Waals surface area contributed by atoms with E-state index < -0.39 is 29.1 Å². The van der Waals surface area contributed by atoms with E-state index in [-0.39, 0.29) is 16.8 Å². The zero-order valence-corrected chi connectivity index (χ0v) is 10.6. The molecule has 0 unspecified atom stereocenters. The highest BCUT2D eigenvalue weighted by molar-refractivity contribution is 6.07. The Morgan fingerprint density at radius 3 is 2.24 bits per heavy atom. The van der Waals surface area contributed by atoms with Crippen molar-refractivity contribution in [3.63, 3.8) is 0 Å². The molecule has 0 aliphatic carbocycles. The quantitative estimate of drug-likeness (QED) is 0.548. The van der Waals surface area contributed by atoms with Crippen LogP contribution in [0, 0.1) is 0 Å². The van der Waals surface area contributed by atoms with Crippen molar-refractivity contribution >= 4 is 17.6 Å². The molecule has 0 atom stereocenters. The number of benzene rings is 2. The van der Waals surface area contributed by atoms with Crippen molar-refractivity contribution < 1.29 is 30.0 Å². The fourth-order valence-electron chi connectivity index (χ4n) is 1.70. The van der Waals surface area contributed by atoms with Gasteiger partial charge in [-0.25, -0.2) is 4.79 Å². The summed E-state index contributed by atoms with van der Waals surface area (Å²) < 4.78 is 0. The minimum absolute atomic E-state index is 0.144. The van der Waals surface area contributed by atoms with Gasteiger partial charge >= 0.3 is 5.97 Å². The zero-order chi connectivity index (χ0) is 15.6. The normalized spacial score (nSPS) is 10.1. The Kier molecular flexibility index (Phi) is 3.66. The number of carbonyl (C=O) groups is 2. The molecule has 5 N–H and O–H groups in total. The molecule has 2 aromatic rings. The molecule has 0 heterocycles. The van der Waals surface area contributed by atoms with Crippen LogP contribution < -0.4 is 5.32 Å². The Morgan fingerprint density at radius 1 is 0.905 bits per heavy atom. The highest BCUT2D eigenvalue weighted by Gasteiger charge is 2.15. The Labute approximate surface area is 118 Å². The number of para-hydroxylation sites is 1. The van der Waals surface area contributed by atoms with Crippen molar-refractivity contribution in [2.75, 3.05) is 5.32 Å². The summed E-state index contributed by atoms with van der Waals surface area (Å²) in [4.78, 5) is 22.7. The first-order chi connectivity index (χ1) is 9.90. The van der Waals surface area contributed by atoms with Gasteiger partial charge in [-0.05, 0) is 24.3 Å². The maximum absolute atomic E-state index is 11.9. The van der Waals surface area contributed by atoms with E-state index in [1.807, 2.05) is 0 Å². The third-order valence-electron chi connectivity index (χ3n) is 2.75. The Balaban J connectivity index is 2.26. The molecule has 0 fully saturated rings. The number of phenolic OH excluding ortho intramolecular Hbond substituents is 2. The lowest BCUT2D eigenvalue weighted by molar-refractivity contribution is 0.0693. The standard InChI is InChI=1S/C14H11NO6/c16-10-3-1-2-9(12(10)18)13(19)15-7-4-5-8(14(20)21)11(17)6-7/h1-6,16-18H,(H,15,19)(H,20,21). The molecule has 2 rings (SSSR count). The van der Waals surface area contributed by atoms with Crippen molar-refractivity contribution in [1.82, 2.24) is 0 Å². The van der Waals surface area contributed by atoms with Gasteiger partial charge in [-0.3, -0.25) is 4.79 Å². The molecule has 0 aromatic heterocycles. The molecular formula is C14H11NO6. The molecule has 0 bridgehead atoms. The summed E-state index contributed by atoms with van der Waals surface area (Å²) >= 11 is 0. The van der Waals surface area contributed by atoms with Crippen molar-refractivity contribution in [2.24, 2.45) is 0 Å². The Bertz CT molecular complexity index is 725. The SMILES string of the molecule is O=C(O)c1ccc(NC(=O)c2cccc(O)c2O)cc1O. The van der Waals surface area contributed by atoms with Crippen molar-refractivity contribution in [1.29, 1.82) is 0 Å². The predicted octanol–water partition coefficient (Wildman–Crippen LogP) is 1.75. The first kappa shape index (κ1) is 14.2. The van der Waals surface area contributed by atoms with Crippen LogP contribution in [0.1, 0.15) is 20.7 Å². The largest absolute Gasteiger partial charge is 0.507 e. The van der Waals surface area contributed by atoms with E-state index in [2.05, 4.69) is 5.32 Å². The number of carboxylic acid groups (broad SMARTS) is 1. The maximum atomic E-state index is 11.9. The van der Waals surface area contributed by atoms with Crippen LogP contribution in [0.25, 0.3) is 0 Å². The second-order valence-electron chi connectivity index (χ2n) is 4.16. The molecule has 2 aromatic carbocycles. The number of carbonyl (C=O) groups excluding carboxylic acids is 1. The van der Waals surface area contributed by atoms with Crippen LogP contribution >= 0.6 is 0 Å². The average Bonchev–Trinajstić information content (AvgIpc) is 2.41. The average molecular weight is 289 g/mol. The van der Waals surface area contributed by atoms with Crippen molar-refractivity contribution in [3.05, 3.63) is 47.5 Å². The lowest BCUT2D eigenvalue weighted by atomic mass is 10.1. The summed E-state index contributed by atoms with van der Waals surface area (Å²) in [6.45, 7) is 0. The van der Waals surface area contributed by atoms with Crippen LogP contribution in [-0.4, -0.2) is 32.3 Å². The Hall–Kier alpha value is -3.22.